The zero-order chi connectivity index (χ0) is 14.7. The molecule has 0 amide bonds. The summed E-state index contributed by atoms with van der Waals surface area (Å²) in [6.07, 6.45) is 5.58. The van der Waals surface area contributed by atoms with Crippen LogP contribution in [0.2, 0.25) is 0 Å². The molecule has 0 aliphatic carbocycles. The van der Waals surface area contributed by atoms with Gasteiger partial charge in [0.2, 0.25) is 0 Å². The van der Waals surface area contributed by atoms with Gasteiger partial charge in [-0.25, -0.2) is 9.50 Å². The number of aromatic nitrogens is 3. The van der Waals surface area contributed by atoms with E-state index in [1.165, 1.54) is 29.7 Å². The topological polar surface area (TPSA) is 42.2 Å². The van der Waals surface area contributed by atoms with Gasteiger partial charge in [-0.05, 0) is 19.8 Å². The van der Waals surface area contributed by atoms with Crippen LogP contribution in [0.15, 0.2) is 36.5 Å². The Morgan fingerprint density at radius 1 is 1.18 bits per heavy atom. The molecule has 5 rings (SSSR count). The number of fused-ring (bicyclic) bond motifs is 6. The highest BCUT2D eigenvalue weighted by atomic mass is 15.3. The molecule has 110 valence electrons. The largest absolute Gasteiger partial charge is 0.307 e. The molecular weight excluding hydrogens is 272 g/mol. The number of aryl methyl sites for hydroxylation is 1. The van der Waals surface area contributed by atoms with E-state index in [0.29, 0.717) is 12.1 Å². The van der Waals surface area contributed by atoms with E-state index in [-0.39, 0.29) is 0 Å². The first-order valence-electron chi connectivity index (χ1n) is 7.98. The SMILES string of the molecule is Cc1ccc(-c2cc3ncc4c(n3n2)C[C@H]2CC[C@H]4N2)cc1. The molecule has 2 atom stereocenters. The molecule has 2 bridgehead atoms. The zero-order valence-corrected chi connectivity index (χ0v) is 12.6. The van der Waals surface area contributed by atoms with Crippen LogP contribution < -0.4 is 5.32 Å². The molecule has 2 aliphatic heterocycles. The van der Waals surface area contributed by atoms with Crippen molar-refractivity contribution in [3.63, 3.8) is 0 Å². The summed E-state index contributed by atoms with van der Waals surface area (Å²) in [4.78, 5) is 4.64. The molecule has 3 aromatic rings. The van der Waals surface area contributed by atoms with Crippen molar-refractivity contribution in [1.29, 1.82) is 0 Å². The second-order valence-electron chi connectivity index (χ2n) is 6.52. The van der Waals surface area contributed by atoms with E-state index < -0.39 is 0 Å². The second-order valence-corrected chi connectivity index (χ2v) is 6.52. The smallest absolute Gasteiger partial charge is 0.155 e. The molecule has 0 radical (unpaired) electrons. The van der Waals surface area contributed by atoms with Gasteiger partial charge >= 0.3 is 0 Å². The summed E-state index contributed by atoms with van der Waals surface area (Å²) in [7, 11) is 0. The first kappa shape index (κ1) is 12.4. The van der Waals surface area contributed by atoms with E-state index in [9.17, 15) is 0 Å². The van der Waals surface area contributed by atoms with Crippen LogP contribution in [-0.2, 0) is 6.42 Å². The summed E-state index contributed by atoms with van der Waals surface area (Å²) in [5.41, 5.74) is 7.06. The van der Waals surface area contributed by atoms with Crippen LogP contribution in [-0.4, -0.2) is 20.6 Å². The van der Waals surface area contributed by atoms with E-state index in [2.05, 4.69) is 52.1 Å². The van der Waals surface area contributed by atoms with E-state index >= 15 is 0 Å². The Balaban J connectivity index is 1.68. The highest BCUT2D eigenvalue weighted by Crippen LogP contribution is 2.35. The van der Waals surface area contributed by atoms with Crippen LogP contribution in [0.3, 0.4) is 0 Å². The maximum atomic E-state index is 4.85. The number of rotatable bonds is 1. The van der Waals surface area contributed by atoms with Crippen molar-refractivity contribution in [2.24, 2.45) is 0 Å². The lowest BCUT2D eigenvalue weighted by Crippen LogP contribution is -2.33. The van der Waals surface area contributed by atoms with Gasteiger partial charge in [0.25, 0.3) is 0 Å². The van der Waals surface area contributed by atoms with Gasteiger partial charge in [-0.15, -0.1) is 0 Å². The average molecular weight is 290 g/mol. The molecule has 2 aliphatic rings. The van der Waals surface area contributed by atoms with Gasteiger partial charge in [0.15, 0.2) is 5.65 Å². The van der Waals surface area contributed by atoms with Gasteiger partial charge in [0.05, 0.1) is 11.4 Å². The minimum atomic E-state index is 0.470. The molecule has 4 heterocycles. The minimum Gasteiger partial charge on any atom is -0.307 e. The Kier molecular flexibility index (Phi) is 2.47. The highest BCUT2D eigenvalue weighted by Gasteiger charge is 2.34. The molecule has 1 fully saturated rings. The molecule has 1 N–H and O–H groups in total. The van der Waals surface area contributed by atoms with Crippen LogP contribution in [0.5, 0.6) is 0 Å². The molecule has 2 aromatic heterocycles. The number of nitrogens with one attached hydrogen (secondary N) is 1. The van der Waals surface area contributed by atoms with E-state index in [4.69, 9.17) is 5.10 Å². The van der Waals surface area contributed by atoms with Gasteiger partial charge in [-0.3, -0.25) is 0 Å². The molecule has 0 spiro atoms. The number of hydrogen-bond donors (Lipinski definition) is 1. The molecule has 1 saturated heterocycles. The van der Waals surface area contributed by atoms with E-state index in [0.717, 1.165) is 23.3 Å². The van der Waals surface area contributed by atoms with Crippen molar-refractivity contribution in [3.8, 4) is 11.3 Å². The van der Waals surface area contributed by atoms with Crippen molar-refractivity contribution in [2.75, 3.05) is 0 Å². The average Bonchev–Trinajstić information content (AvgIpc) is 3.13. The van der Waals surface area contributed by atoms with Crippen LogP contribution in [0, 0.1) is 6.92 Å². The van der Waals surface area contributed by atoms with E-state index in [1.807, 2.05) is 6.20 Å². The molecule has 4 heteroatoms. The first-order valence-corrected chi connectivity index (χ1v) is 7.98. The highest BCUT2D eigenvalue weighted by molar-refractivity contribution is 5.64. The monoisotopic (exact) mass is 290 g/mol. The molecule has 0 unspecified atom stereocenters. The standard InChI is InChI=1S/C18H18N4/c1-11-2-4-12(5-3-11)16-9-18-19-10-14-15-7-6-13(20-15)8-17(14)22(18)21-16/h2-5,9-10,13,15,20H,6-8H2,1H3/t13-,15-/m1/s1. The van der Waals surface area contributed by atoms with Crippen molar-refractivity contribution in [2.45, 2.75) is 38.3 Å². The van der Waals surface area contributed by atoms with Gasteiger partial charge in [-0.2, -0.15) is 5.10 Å². The maximum Gasteiger partial charge on any atom is 0.155 e. The van der Waals surface area contributed by atoms with Gasteiger partial charge < -0.3 is 5.32 Å². The lowest BCUT2D eigenvalue weighted by Gasteiger charge is -2.24. The molecule has 22 heavy (non-hydrogen) atoms. The summed E-state index contributed by atoms with van der Waals surface area (Å²) in [5.74, 6) is 0. The van der Waals surface area contributed by atoms with Gasteiger partial charge in [0.1, 0.15) is 0 Å². The fourth-order valence-electron chi connectivity index (χ4n) is 3.81. The van der Waals surface area contributed by atoms with Crippen molar-refractivity contribution in [1.82, 2.24) is 19.9 Å². The lowest BCUT2D eigenvalue weighted by molar-refractivity contribution is 0.496. The van der Waals surface area contributed by atoms with Crippen molar-refractivity contribution in [3.05, 3.63) is 53.3 Å². The molecule has 0 saturated carbocycles. The Labute approximate surface area is 129 Å². The third kappa shape index (κ3) is 1.74. The van der Waals surface area contributed by atoms with Crippen LogP contribution in [0.1, 0.15) is 35.7 Å². The normalized spacial score (nSPS) is 23.0. The molecule has 4 nitrogen and oxygen atoms in total. The lowest BCUT2D eigenvalue weighted by atomic mass is 10.0. The van der Waals surface area contributed by atoms with E-state index in [1.54, 1.807) is 0 Å². The van der Waals surface area contributed by atoms with Gasteiger partial charge in [0, 0.05) is 41.9 Å². The zero-order valence-electron chi connectivity index (χ0n) is 12.6. The number of nitrogens with zero attached hydrogens (tertiary/aromatic N) is 3. The minimum absolute atomic E-state index is 0.470. The fourth-order valence-corrected chi connectivity index (χ4v) is 3.81. The first-order chi connectivity index (χ1) is 10.8. The summed E-state index contributed by atoms with van der Waals surface area (Å²) in [6.45, 7) is 2.11. The van der Waals surface area contributed by atoms with Crippen molar-refractivity contribution < 1.29 is 0 Å². The fraction of sp³-hybridized carbons (Fsp3) is 0.333. The Hall–Kier alpha value is -2.20. The van der Waals surface area contributed by atoms with Crippen molar-refractivity contribution >= 4 is 5.65 Å². The van der Waals surface area contributed by atoms with Crippen LogP contribution >= 0.6 is 0 Å². The Morgan fingerprint density at radius 3 is 2.91 bits per heavy atom. The van der Waals surface area contributed by atoms with Gasteiger partial charge in [-0.1, -0.05) is 29.8 Å². The third-order valence-electron chi connectivity index (χ3n) is 5.02. The summed E-state index contributed by atoms with van der Waals surface area (Å²) in [5, 5.41) is 8.52. The predicted molar refractivity (Wildman–Crippen MR) is 85.8 cm³/mol. The third-order valence-corrected chi connectivity index (χ3v) is 5.02. The Morgan fingerprint density at radius 2 is 2.05 bits per heavy atom. The summed E-state index contributed by atoms with van der Waals surface area (Å²) < 4.78 is 2.07. The maximum absolute atomic E-state index is 4.85. The summed E-state index contributed by atoms with van der Waals surface area (Å²) >= 11 is 0. The quantitative estimate of drug-likeness (QED) is 0.749. The number of benzene rings is 1. The van der Waals surface area contributed by atoms with Crippen LogP contribution in [0.25, 0.3) is 16.9 Å². The Bertz CT molecular complexity index is 863. The second kappa shape index (κ2) is 4.40. The predicted octanol–water partition coefficient (Wildman–Crippen LogP) is 3.05. The van der Waals surface area contributed by atoms with Crippen LogP contribution in [0.4, 0.5) is 0 Å². The molecule has 1 aromatic carbocycles. The molecular formula is C18H18N4. The number of hydrogen-bond acceptors (Lipinski definition) is 3. The summed E-state index contributed by atoms with van der Waals surface area (Å²) in [6, 6.07) is 11.7.